The van der Waals surface area contributed by atoms with Crippen molar-refractivity contribution in [3.63, 3.8) is 0 Å². The van der Waals surface area contributed by atoms with E-state index in [4.69, 9.17) is 0 Å². The highest BCUT2D eigenvalue weighted by Crippen LogP contribution is 2.63. The Morgan fingerprint density at radius 3 is 1.05 bits per heavy atom. The lowest BCUT2D eigenvalue weighted by molar-refractivity contribution is 0.794. The second-order valence-corrected chi connectivity index (χ2v) is 20.2. The van der Waals surface area contributed by atoms with Gasteiger partial charge in [-0.2, -0.15) is 0 Å². The Balaban J connectivity index is 0.992. The van der Waals surface area contributed by atoms with Gasteiger partial charge in [0, 0.05) is 48.8 Å². The molecule has 0 N–H and O–H groups in total. The monoisotopic (exact) mass is 808 g/mol. The number of hydrogen-bond donors (Lipinski definition) is 0. The molecule has 0 saturated heterocycles. The van der Waals surface area contributed by atoms with E-state index in [0.29, 0.717) is 0 Å². The van der Waals surface area contributed by atoms with Crippen LogP contribution in [0.5, 0.6) is 0 Å². The maximum atomic E-state index is 2.51. The average Bonchev–Trinajstić information content (AvgIpc) is 4.08. The number of benzene rings is 4. The molecule has 6 heteroatoms. The van der Waals surface area contributed by atoms with E-state index < -0.39 is 5.41 Å². The molecule has 55 heavy (non-hydrogen) atoms. The van der Waals surface area contributed by atoms with Gasteiger partial charge in [-0.05, 0) is 139 Å². The molecule has 2 aliphatic rings. The molecule has 0 unspecified atom stereocenters. The number of hydrogen-bond acceptors (Lipinski definition) is 6. The molecule has 12 rings (SSSR count). The minimum Gasteiger partial charge on any atom is -0.143 e. The number of rotatable bonds is 6. The highest BCUT2D eigenvalue weighted by molar-refractivity contribution is 7.27. The molecular formula is C49H28S6. The Hall–Kier alpha value is -4.92. The van der Waals surface area contributed by atoms with Gasteiger partial charge in [-0.25, -0.2) is 0 Å². The third kappa shape index (κ3) is 4.89. The Kier molecular flexibility index (Phi) is 7.38. The van der Waals surface area contributed by atoms with Crippen molar-refractivity contribution in [1.29, 1.82) is 0 Å². The fourth-order valence-corrected chi connectivity index (χ4v) is 14.6. The van der Waals surface area contributed by atoms with Crippen molar-refractivity contribution < 1.29 is 0 Å². The minimum absolute atomic E-state index is 0.406. The van der Waals surface area contributed by atoms with Crippen LogP contribution in [0.4, 0.5) is 0 Å². The fraction of sp³-hybridized carbons (Fsp3) is 0.0204. The van der Waals surface area contributed by atoms with Crippen molar-refractivity contribution >= 4 is 68.0 Å². The summed E-state index contributed by atoms with van der Waals surface area (Å²) < 4.78 is 0. The molecule has 1 spiro atoms. The molecule has 0 nitrogen and oxygen atoms in total. The molecule has 0 bridgehead atoms. The van der Waals surface area contributed by atoms with Gasteiger partial charge in [-0.1, -0.05) is 84.9 Å². The molecule has 260 valence electrons. The van der Waals surface area contributed by atoms with E-state index in [-0.39, 0.29) is 0 Å². The number of fused-ring (bicyclic) bond motifs is 10. The van der Waals surface area contributed by atoms with E-state index in [1.807, 2.05) is 68.0 Å². The quantitative estimate of drug-likeness (QED) is 0.157. The van der Waals surface area contributed by atoms with Crippen LogP contribution < -0.4 is 0 Å². The van der Waals surface area contributed by atoms with Crippen LogP contribution in [0.25, 0.3) is 82.2 Å². The van der Waals surface area contributed by atoms with E-state index in [2.05, 4.69) is 168 Å². The van der Waals surface area contributed by atoms with Gasteiger partial charge in [-0.3, -0.25) is 0 Å². The van der Waals surface area contributed by atoms with Crippen LogP contribution in [0.15, 0.2) is 168 Å². The van der Waals surface area contributed by atoms with Gasteiger partial charge in [0.2, 0.25) is 0 Å². The van der Waals surface area contributed by atoms with Crippen molar-refractivity contribution in [2.24, 2.45) is 0 Å². The van der Waals surface area contributed by atoms with Crippen LogP contribution in [0, 0.1) is 0 Å². The summed E-state index contributed by atoms with van der Waals surface area (Å²) in [6, 6.07) is 59.8. The maximum Gasteiger partial charge on any atom is 0.0725 e. The molecule has 10 aromatic rings. The maximum absolute atomic E-state index is 2.51. The van der Waals surface area contributed by atoms with Gasteiger partial charge in [0.1, 0.15) is 0 Å². The fourth-order valence-electron chi connectivity index (χ4n) is 8.74. The molecule has 4 aromatic carbocycles. The highest BCUT2D eigenvalue weighted by atomic mass is 32.1. The SMILES string of the molecule is c1csc(-c2ccc(-c3ccc(-c4ccc5c(c4)C4(c6ccccc6-c6ccccc64)c4cc(-c6ccc(-c7ccc(-c8cccs8)s7)s6)ccc4-5)s3)s2)c1. The molecular weight excluding hydrogens is 781 g/mol. The highest BCUT2D eigenvalue weighted by Gasteiger charge is 2.51. The first kappa shape index (κ1) is 32.3. The van der Waals surface area contributed by atoms with Gasteiger partial charge in [0.05, 0.1) is 5.41 Å². The molecule has 0 radical (unpaired) electrons. The zero-order valence-corrected chi connectivity index (χ0v) is 34.0. The van der Waals surface area contributed by atoms with E-state index in [1.54, 1.807) is 0 Å². The largest absolute Gasteiger partial charge is 0.143 e. The van der Waals surface area contributed by atoms with Crippen molar-refractivity contribution in [3.05, 3.63) is 191 Å². The van der Waals surface area contributed by atoms with Crippen LogP contribution in [-0.2, 0) is 5.41 Å². The first-order chi connectivity index (χ1) is 27.2. The molecule has 6 aromatic heterocycles. The Bertz CT molecular complexity index is 2840. The standard InChI is InChI=1S/C49H28S6/c1-3-9-35-31(7-1)32-8-2-4-10-36(32)49(35)37-27-29(39-17-19-45(52-39)47-23-21-43(54-47)41-11-5-25-50-41)13-15-33(37)34-16-14-30(28-38(34)49)40-18-20-46(53-40)48-24-22-44(55-48)42-12-6-26-51-42/h1-28H. The molecule has 6 heterocycles. The smallest absolute Gasteiger partial charge is 0.0725 e. The van der Waals surface area contributed by atoms with Gasteiger partial charge in [-0.15, -0.1) is 68.0 Å². The van der Waals surface area contributed by atoms with Crippen LogP contribution >= 0.6 is 68.0 Å². The van der Waals surface area contributed by atoms with Crippen molar-refractivity contribution in [2.45, 2.75) is 5.41 Å². The zero-order valence-electron chi connectivity index (χ0n) is 29.1. The van der Waals surface area contributed by atoms with Crippen LogP contribution in [-0.4, -0.2) is 0 Å². The normalized spacial score (nSPS) is 13.2. The van der Waals surface area contributed by atoms with Gasteiger partial charge < -0.3 is 0 Å². The summed E-state index contributed by atoms with van der Waals surface area (Å²) in [6.07, 6.45) is 0. The third-order valence-corrected chi connectivity index (χ3v) is 18.1. The van der Waals surface area contributed by atoms with Gasteiger partial charge in [0.25, 0.3) is 0 Å². The van der Waals surface area contributed by atoms with Gasteiger partial charge in [0.15, 0.2) is 0 Å². The summed E-state index contributed by atoms with van der Waals surface area (Å²) in [5.74, 6) is 0. The first-order valence-electron chi connectivity index (χ1n) is 18.2. The Morgan fingerprint density at radius 2 is 0.636 bits per heavy atom. The van der Waals surface area contributed by atoms with Crippen molar-refractivity contribution in [1.82, 2.24) is 0 Å². The molecule has 0 atom stereocenters. The summed E-state index contributed by atoms with van der Waals surface area (Å²) in [5.41, 5.74) is 13.0. The second-order valence-electron chi connectivity index (χ2n) is 14.0. The van der Waals surface area contributed by atoms with Gasteiger partial charge >= 0.3 is 0 Å². The zero-order chi connectivity index (χ0) is 36.1. The lowest BCUT2D eigenvalue weighted by Gasteiger charge is -2.31. The molecule has 0 fully saturated rings. The lowest BCUT2D eigenvalue weighted by Crippen LogP contribution is -2.26. The summed E-state index contributed by atoms with van der Waals surface area (Å²) in [6.45, 7) is 0. The first-order valence-corrected chi connectivity index (χ1v) is 23.2. The summed E-state index contributed by atoms with van der Waals surface area (Å²) in [5, 5.41) is 4.32. The lowest BCUT2D eigenvalue weighted by atomic mass is 9.70. The van der Waals surface area contributed by atoms with Crippen molar-refractivity contribution in [2.75, 3.05) is 0 Å². The molecule has 0 saturated carbocycles. The average molecular weight is 809 g/mol. The third-order valence-electron chi connectivity index (χ3n) is 11.1. The van der Waals surface area contributed by atoms with E-state index in [9.17, 15) is 0 Å². The summed E-state index contributed by atoms with van der Waals surface area (Å²) >= 11 is 11.2. The number of thiophene rings is 6. The van der Waals surface area contributed by atoms with E-state index >= 15 is 0 Å². The van der Waals surface area contributed by atoms with Crippen LogP contribution in [0.3, 0.4) is 0 Å². The molecule has 0 amide bonds. The van der Waals surface area contributed by atoms with E-state index in [0.717, 1.165) is 0 Å². The summed E-state index contributed by atoms with van der Waals surface area (Å²) in [4.78, 5) is 13.3. The summed E-state index contributed by atoms with van der Waals surface area (Å²) in [7, 11) is 0. The van der Waals surface area contributed by atoms with E-state index in [1.165, 1.54) is 104 Å². The van der Waals surface area contributed by atoms with Crippen LogP contribution in [0.2, 0.25) is 0 Å². The second kappa shape index (κ2) is 12.6. The predicted molar refractivity (Wildman–Crippen MR) is 243 cm³/mol. The molecule has 0 aliphatic heterocycles. The topological polar surface area (TPSA) is 0 Å². The Labute approximate surface area is 343 Å². The van der Waals surface area contributed by atoms with Crippen LogP contribution in [0.1, 0.15) is 22.3 Å². The Morgan fingerprint density at radius 1 is 0.273 bits per heavy atom. The minimum atomic E-state index is -0.406. The predicted octanol–water partition coefficient (Wildman–Crippen LogP) is 16.4. The molecule has 2 aliphatic carbocycles. The van der Waals surface area contributed by atoms with Crippen molar-refractivity contribution in [3.8, 4) is 82.2 Å².